The van der Waals surface area contributed by atoms with Crippen LogP contribution in [-0.4, -0.2) is 55.9 Å². The number of nitrogens with one attached hydrogen (secondary N) is 2. The topological polar surface area (TPSA) is 125 Å². The number of amides is 2. The third kappa shape index (κ3) is 6.68. The van der Waals surface area contributed by atoms with E-state index in [1.165, 1.54) is 14.2 Å². The van der Waals surface area contributed by atoms with Gasteiger partial charge in [0.1, 0.15) is 5.75 Å². The van der Waals surface area contributed by atoms with Crippen LogP contribution in [0.1, 0.15) is 10.7 Å². The highest BCUT2D eigenvalue weighted by Crippen LogP contribution is 2.31. The SMILES string of the molecule is COc1ccc(-c2noc(C(=O)NCCNC(=O)COc3ccc(Br)cc3Br)n2)cc1OC. The molecule has 0 radical (unpaired) electrons. The lowest BCUT2D eigenvalue weighted by molar-refractivity contribution is -0.123. The van der Waals surface area contributed by atoms with Crippen LogP contribution in [0.5, 0.6) is 17.2 Å². The van der Waals surface area contributed by atoms with Gasteiger partial charge >= 0.3 is 11.8 Å². The van der Waals surface area contributed by atoms with Crippen LogP contribution in [-0.2, 0) is 4.79 Å². The molecule has 0 spiro atoms. The minimum absolute atomic E-state index is 0.160. The number of carbonyl (C=O) groups excluding carboxylic acids is 2. The number of benzene rings is 2. The molecule has 0 aliphatic carbocycles. The summed E-state index contributed by atoms with van der Waals surface area (Å²) in [7, 11) is 3.05. The molecule has 1 aromatic heterocycles. The summed E-state index contributed by atoms with van der Waals surface area (Å²) < 4.78 is 22.6. The van der Waals surface area contributed by atoms with E-state index in [0.717, 1.165) is 8.95 Å². The van der Waals surface area contributed by atoms with Crippen molar-refractivity contribution in [1.29, 1.82) is 0 Å². The second-order valence-corrected chi connectivity index (χ2v) is 8.23. The first-order chi connectivity index (χ1) is 15.9. The van der Waals surface area contributed by atoms with Gasteiger partial charge < -0.3 is 29.4 Å². The van der Waals surface area contributed by atoms with Crippen LogP contribution in [0, 0.1) is 0 Å². The fraction of sp³-hybridized carbons (Fsp3) is 0.238. The second kappa shape index (κ2) is 11.7. The van der Waals surface area contributed by atoms with Gasteiger partial charge in [0, 0.05) is 23.1 Å². The largest absolute Gasteiger partial charge is 0.493 e. The Balaban J connectivity index is 1.44. The normalized spacial score (nSPS) is 10.4. The molecular formula is C21H20Br2N4O6. The number of rotatable bonds is 10. The number of halogens is 2. The predicted molar refractivity (Wildman–Crippen MR) is 126 cm³/mol. The Morgan fingerprint density at radius 3 is 2.42 bits per heavy atom. The Bertz CT molecular complexity index is 1140. The van der Waals surface area contributed by atoms with Gasteiger partial charge in [0.15, 0.2) is 18.1 Å². The summed E-state index contributed by atoms with van der Waals surface area (Å²) >= 11 is 6.71. The first-order valence-electron chi connectivity index (χ1n) is 9.60. The van der Waals surface area contributed by atoms with Crippen LogP contribution in [0.3, 0.4) is 0 Å². The maximum atomic E-state index is 12.2. The van der Waals surface area contributed by atoms with E-state index in [-0.39, 0.29) is 37.3 Å². The molecule has 0 saturated carbocycles. The van der Waals surface area contributed by atoms with Gasteiger partial charge in [-0.15, -0.1) is 0 Å². The van der Waals surface area contributed by atoms with E-state index in [1.54, 1.807) is 24.3 Å². The lowest BCUT2D eigenvalue weighted by Crippen LogP contribution is -2.36. The van der Waals surface area contributed by atoms with Gasteiger partial charge in [-0.1, -0.05) is 21.1 Å². The quantitative estimate of drug-likeness (QED) is 0.349. The minimum atomic E-state index is -0.557. The van der Waals surface area contributed by atoms with Crippen molar-refractivity contribution in [2.75, 3.05) is 33.9 Å². The Morgan fingerprint density at radius 1 is 0.970 bits per heavy atom. The number of nitrogens with zero attached hydrogens (tertiary/aromatic N) is 2. The maximum Gasteiger partial charge on any atom is 0.316 e. The zero-order chi connectivity index (χ0) is 23.8. The summed E-state index contributed by atoms with van der Waals surface area (Å²) in [5.74, 6) is 0.743. The molecule has 3 aromatic rings. The maximum absolute atomic E-state index is 12.2. The molecule has 0 atom stereocenters. The van der Waals surface area contributed by atoms with Crippen LogP contribution in [0.15, 0.2) is 49.9 Å². The lowest BCUT2D eigenvalue weighted by Gasteiger charge is -2.09. The van der Waals surface area contributed by atoms with Gasteiger partial charge in [0.2, 0.25) is 5.82 Å². The monoisotopic (exact) mass is 582 g/mol. The van der Waals surface area contributed by atoms with Gasteiger partial charge in [0.05, 0.1) is 18.7 Å². The average Bonchev–Trinajstić information content (AvgIpc) is 3.31. The molecular weight excluding hydrogens is 564 g/mol. The fourth-order valence-corrected chi connectivity index (χ4v) is 3.81. The molecule has 0 fully saturated rings. The molecule has 33 heavy (non-hydrogen) atoms. The van der Waals surface area contributed by atoms with Crippen molar-refractivity contribution in [3.8, 4) is 28.6 Å². The van der Waals surface area contributed by atoms with E-state index in [0.29, 0.717) is 22.8 Å². The highest BCUT2D eigenvalue weighted by molar-refractivity contribution is 9.11. The average molecular weight is 584 g/mol. The van der Waals surface area contributed by atoms with Crippen LogP contribution < -0.4 is 24.8 Å². The zero-order valence-electron chi connectivity index (χ0n) is 17.7. The molecule has 2 aromatic carbocycles. The third-order valence-electron chi connectivity index (χ3n) is 4.25. The van der Waals surface area contributed by atoms with E-state index in [2.05, 4.69) is 52.6 Å². The lowest BCUT2D eigenvalue weighted by atomic mass is 10.2. The first-order valence-corrected chi connectivity index (χ1v) is 11.2. The highest BCUT2D eigenvalue weighted by Gasteiger charge is 2.17. The number of ether oxygens (including phenoxy) is 3. The third-order valence-corrected chi connectivity index (χ3v) is 5.36. The number of carbonyl (C=O) groups is 2. The Hall–Kier alpha value is -3.12. The van der Waals surface area contributed by atoms with Crippen LogP contribution in [0.4, 0.5) is 0 Å². The van der Waals surface area contributed by atoms with Gasteiger partial charge in [0.25, 0.3) is 5.91 Å². The fourth-order valence-electron chi connectivity index (χ4n) is 2.65. The van der Waals surface area contributed by atoms with Gasteiger partial charge in [-0.25, -0.2) is 0 Å². The molecule has 0 saturated heterocycles. The Morgan fingerprint density at radius 2 is 1.70 bits per heavy atom. The van der Waals surface area contributed by atoms with Crippen molar-refractivity contribution in [3.63, 3.8) is 0 Å². The number of hydrogen-bond donors (Lipinski definition) is 2. The molecule has 0 bridgehead atoms. The molecule has 3 rings (SSSR count). The van der Waals surface area contributed by atoms with Crippen molar-refractivity contribution >= 4 is 43.7 Å². The van der Waals surface area contributed by atoms with Gasteiger partial charge in [-0.05, 0) is 52.3 Å². The van der Waals surface area contributed by atoms with E-state index < -0.39 is 5.91 Å². The zero-order valence-corrected chi connectivity index (χ0v) is 20.9. The number of methoxy groups -OCH3 is 2. The molecule has 2 N–H and O–H groups in total. The van der Waals surface area contributed by atoms with Gasteiger partial charge in [-0.3, -0.25) is 9.59 Å². The standard InChI is InChI=1S/C21H20Br2N4O6/c1-30-16-5-3-12(9-17(16)31-2)19-26-21(33-27-19)20(29)25-8-7-24-18(28)11-32-15-6-4-13(22)10-14(15)23/h3-6,9-10H,7-8,11H2,1-2H3,(H,24,28)(H,25,29). The molecule has 1 heterocycles. The summed E-state index contributed by atoms with van der Waals surface area (Å²) in [5, 5.41) is 9.07. The molecule has 2 amide bonds. The van der Waals surface area contributed by atoms with E-state index >= 15 is 0 Å². The molecule has 0 aliphatic rings. The molecule has 174 valence electrons. The van der Waals surface area contributed by atoms with Crippen molar-refractivity contribution < 1.29 is 28.3 Å². The van der Waals surface area contributed by atoms with Crippen LogP contribution in [0.25, 0.3) is 11.4 Å². The van der Waals surface area contributed by atoms with Crippen LogP contribution >= 0.6 is 31.9 Å². The number of hydrogen-bond acceptors (Lipinski definition) is 8. The van der Waals surface area contributed by atoms with Crippen molar-refractivity contribution in [1.82, 2.24) is 20.8 Å². The molecule has 12 heteroatoms. The predicted octanol–water partition coefficient (Wildman–Crippen LogP) is 3.20. The molecule has 0 unspecified atom stereocenters. The summed E-state index contributed by atoms with van der Waals surface area (Å²) in [6.07, 6.45) is 0. The van der Waals surface area contributed by atoms with E-state index in [1.807, 2.05) is 12.1 Å². The molecule has 10 nitrogen and oxygen atoms in total. The second-order valence-electron chi connectivity index (χ2n) is 6.46. The molecule has 0 aliphatic heterocycles. The van der Waals surface area contributed by atoms with Crippen LogP contribution in [0.2, 0.25) is 0 Å². The van der Waals surface area contributed by atoms with E-state index in [4.69, 9.17) is 18.7 Å². The smallest absolute Gasteiger partial charge is 0.316 e. The Labute approximate surface area is 206 Å². The summed E-state index contributed by atoms with van der Waals surface area (Å²) in [6, 6.07) is 10.5. The van der Waals surface area contributed by atoms with E-state index in [9.17, 15) is 9.59 Å². The summed E-state index contributed by atoms with van der Waals surface area (Å²) in [6.45, 7) is 0.208. The first kappa shape index (κ1) is 24.5. The Kier molecular flexibility index (Phi) is 8.66. The van der Waals surface area contributed by atoms with Crippen molar-refractivity contribution in [3.05, 3.63) is 51.2 Å². The number of aromatic nitrogens is 2. The minimum Gasteiger partial charge on any atom is -0.493 e. The van der Waals surface area contributed by atoms with Crippen molar-refractivity contribution in [2.45, 2.75) is 0 Å². The summed E-state index contributed by atoms with van der Waals surface area (Å²) in [4.78, 5) is 28.3. The summed E-state index contributed by atoms with van der Waals surface area (Å²) in [5.41, 5.74) is 0.597. The van der Waals surface area contributed by atoms with Crippen molar-refractivity contribution in [2.24, 2.45) is 0 Å². The van der Waals surface area contributed by atoms with Gasteiger partial charge in [-0.2, -0.15) is 4.98 Å². The highest BCUT2D eigenvalue weighted by atomic mass is 79.9.